The van der Waals surface area contributed by atoms with Gasteiger partial charge in [-0.25, -0.2) is 4.79 Å². The molecule has 2 amide bonds. The SMILES string of the molecule is CC.COc1cc2c(cc1N1CCCOC1=O)CN(C(=O)c1c(Sc3c(Cl)ccc(C)c3Cl)cc(C(F)(F)Cl)[nH]c1=O)C2. The molecule has 0 radical (unpaired) electrons. The minimum Gasteiger partial charge on any atom is -0.495 e. The first-order valence-electron chi connectivity index (χ1n) is 13.3. The zero-order valence-electron chi connectivity index (χ0n) is 23.7. The molecule has 2 aromatic carbocycles. The summed E-state index contributed by atoms with van der Waals surface area (Å²) in [5.41, 5.74) is 0.341. The van der Waals surface area contributed by atoms with Crippen molar-refractivity contribution in [2.75, 3.05) is 25.2 Å². The minimum absolute atomic E-state index is 0.0891. The van der Waals surface area contributed by atoms with Gasteiger partial charge in [0.1, 0.15) is 17.0 Å². The van der Waals surface area contributed by atoms with E-state index in [1.807, 2.05) is 18.8 Å². The summed E-state index contributed by atoms with van der Waals surface area (Å²) in [6, 6.07) is 7.69. The standard InChI is InChI=1S/C27H22Cl3F2N3O5S.C2H6/c1-13-4-5-16(28)23(22(13)29)41-19-10-20(27(30,31)32)33-24(36)21(19)25(37)34-11-14-8-17(18(39-2)9-15(14)12-34)35-6-3-7-40-26(35)38;1-2/h4-5,8-10H,3,6-7,11-12H2,1-2H3,(H,33,36);1-2H3. The second kappa shape index (κ2) is 13.3. The molecule has 230 valence electrons. The van der Waals surface area contributed by atoms with Crippen LogP contribution in [-0.4, -0.2) is 42.1 Å². The maximum Gasteiger partial charge on any atom is 0.414 e. The average Bonchev–Trinajstić information content (AvgIpc) is 3.40. The van der Waals surface area contributed by atoms with Crippen molar-refractivity contribution in [1.82, 2.24) is 9.88 Å². The number of halogens is 5. The third-order valence-corrected chi connectivity index (χ3v) is 9.14. The summed E-state index contributed by atoms with van der Waals surface area (Å²) in [7, 11) is 1.47. The number of hydrogen-bond donors (Lipinski definition) is 1. The smallest absolute Gasteiger partial charge is 0.414 e. The first kappa shape index (κ1) is 32.9. The molecule has 2 aliphatic heterocycles. The molecule has 0 aliphatic carbocycles. The number of pyridine rings is 1. The number of benzene rings is 2. The van der Waals surface area contributed by atoms with Gasteiger partial charge in [0.25, 0.3) is 11.5 Å². The number of fused-ring (bicyclic) bond motifs is 1. The molecule has 1 fully saturated rings. The van der Waals surface area contributed by atoms with Gasteiger partial charge in [0.15, 0.2) is 0 Å². The number of alkyl halides is 3. The quantitative estimate of drug-likeness (QED) is 0.267. The number of ether oxygens (including phenoxy) is 2. The lowest BCUT2D eigenvalue weighted by molar-refractivity contribution is 0.0740. The number of aromatic nitrogens is 1. The number of carbonyl (C=O) groups is 2. The summed E-state index contributed by atoms with van der Waals surface area (Å²) in [5.74, 6) is -0.282. The van der Waals surface area contributed by atoms with Gasteiger partial charge in [-0.2, -0.15) is 8.78 Å². The lowest BCUT2D eigenvalue weighted by Crippen LogP contribution is -2.38. The van der Waals surface area contributed by atoms with Crippen LogP contribution in [0.3, 0.4) is 0 Å². The lowest BCUT2D eigenvalue weighted by Gasteiger charge is -2.28. The Labute approximate surface area is 266 Å². The number of aryl methyl sites for hydroxylation is 1. The fraction of sp³-hybridized carbons (Fsp3) is 0.345. The number of cyclic esters (lactones) is 1. The van der Waals surface area contributed by atoms with Gasteiger partial charge >= 0.3 is 11.5 Å². The van der Waals surface area contributed by atoms with Crippen molar-refractivity contribution >= 4 is 64.3 Å². The van der Waals surface area contributed by atoms with E-state index in [9.17, 15) is 23.2 Å². The third-order valence-electron chi connectivity index (χ3n) is 6.74. The molecule has 0 atom stereocenters. The molecule has 1 N–H and O–H groups in total. The normalized spacial score (nSPS) is 14.6. The van der Waals surface area contributed by atoms with Crippen LogP contribution in [0.2, 0.25) is 10.0 Å². The highest BCUT2D eigenvalue weighted by molar-refractivity contribution is 7.99. The Hall–Kier alpha value is -2.99. The number of amides is 2. The van der Waals surface area contributed by atoms with Crippen molar-refractivity contribution < 1.29 is 27.8 Å². The Balaban J connectivity index is 0.00000207. The van der Waals surface area contributed by atoms with E-state index in [0.717, 1.165) is 29.0 Å². The van der Waals surface area contributed by atoms with Gasteiger partial charge in [-0.1, -0.05) is 54.9 Å². The van der Waals surface area contributed by atoms with E-state index >= 15 is 0 Å². The Morgan fingerprint density at radius 2 is 1.79 bits per heavy atom. The molecule has 1 saturated heterocycles. The van der Waals surface area contributed by atoms with Crippen LogP contribution < -0.4 is 15.2 Å². The summed E-state index contributed by atoms with van der Waals surface area (Å²) in [6.07, 6.45) is 0.143. The van der Waals surface area contributed by atoms with Crippen LogP contribution in [0.4, 0.5) is 19.3 Å². The van der Waals surface area contributed by atoms with E-state index in [0.29, 0.717) is 41.5 Å². The van der Waals surface area contributed by atoms with E-state index in [1.165, 1.54) is 16.9 Å². The maximum atomic E-state index is 14.1. The van der Waals surface area contributed by atoms with Gasteiger partial charge in [-0.3, -0.25) is 14.5 Å². The molecule has 0 bridgehead atoms. The summed E-state index contributed by atoms with van der Waals surface area (Å²) < 4.78 is 38.8. The maximum absolute atomic E-state index is 14.1. The number of rotatable bonds is 6. The zero-order valence-corrected chi connectivity index (χ0v) is 26.7. The van der Waals surface area contributed by atoms with Crippen molar-refractivity contribution in [1.29, 1.82) is 0 Å². The van der Waals surface area contributed by atoms with Gasteiger partial charge in [0.2, 0.25) is 0 Å². The largest absolute Gasteiger partial charge is 0.495 e. The number of nitrogens with one attached hydrogen (secondary N) is 1. The summed E-state index contributed by atoms with van der Waals surface area (Å²) in [5, 5.41) is -3.43. The van der Waals surface area contributed by atoms with Crippen molar-refractivity contribution in [3.8, 4) is 5.75 Å². The minimum atomic E-state index is -3.90. The van der Waals surface area contributed by atoms with Gasteiger partial charge in [0, 0.05) is 29.4 Å². The van der Waals surface area contributed by atoms with Crippen molar-refractivity contribution in [2.45, 2.75) is 55.5 Å². The molecule has 14 heteroatoms. The molecule has 5 rings (SSSR count). The summed E-state index contributed by atoms with van der Waals surface area (Å²) >= 11 is 18.8. The zero-order chi connectivity index (χ0) is 31.6. The van der Waals surface area contributed by atoms with Gasteiger partial charge in [0.05, 0.1) is 29.4 Å². The Morgan fingerprint density at radius 3 is 2.42 bits per heavy atom. The second-order valence-electron chi connectivity index (χ2n) is 9.43. The van der Waals surface area contributed by atoms with Gasteiger partial charge < -0.3 is 19.4 Å². The van der Waals surface area contributed by atoms with E-state index in [4.69, 9.17) is 44.3 Å². The van der Waals surface area contributed by atoms with Crippen molar-refractivity contribution in [3.05, 3.63) is 78.7 Å². The molecule has 2 aliphatic rings. The number of aromatic amines is 1. The molecular formula is C29H28Cl3F2N3O5S. The van der Waals surface area contributed by atoms with Crippen LogP contribution in [0.1, 0.15) is 53.0 Å². The topological polar surface area (TPSA) is 91.9 Å². The highest BCUT2D eigenvalue weighted by Crippen LogP contribution is 2.43. The highest BCUT2D eigenvalue weighted by atomic mass is 35.5. The molecule has 1 aromatic heterocycles. The van der Waals surface area contributed by atoms with Crippen molar-refractivity contribution in [3.63, 3.8) is 0 Å². The molecule has 0 unspecified atom stereocenters. The Morgan fingerprint density at radius 1 is 1.12 bits per heavy atom. The Kier molecular flexibility index (Phi) is 10.2. The van der Waals surface area contributed by atoms with Crippen LogP contribution in [0.15, 0.2) is 44.9 Å². The van der Waals surface area contributed by atoms with E-state index in [1.54, 1.807) is 31.2 Å². The van der Waals surface area contributed by atoms with Crippen LogP contribution in [0, 0.1) is 6.92 Å². The number of anilines is 1. The molecule has 8 nitrogen and oxygen atoms in total. The second-order valence-corrected chi connectivity index (χ2v) is 11.7. The van der Waals surface area contributed by atoms with E-state index < -0.39 is 28.6 Å². The first-order valence-corrected chi connectivity index (χ1v) is 15.2. The Bertz CT molecular complexity index is 1630. The molecule has 43 heavy (non-hydrogen) atoms. The fourth-order valence-electron chi connectivity index (χ4n) is 4.67. The molecule has 0 saturated carbocycles. The van der Waals surface area contributed by atoms with Crippen LogP contribution in [0.5, 0.6) is 5.75 Å². The number of H-pyrrole nitrogens is 1. The molecule has 3 heterocycles. The van der Waals surface area contributed by atoms with Gasteiger partial charge in [-0.05, 0) is 65.9 Å². The van der Waals surface area contributed by atoms with Crippen LogP contribution in [-0.2, 0) is 23.2 Å². The molecular weight excluding hydrogens is 647 g/mol. The average molecular weight is 675 g/mol. The van der Waals surface area contributed by atoms with E-state index in [2.05, 4.69) is 0 Å². The number of hydrogen-bond acceptors (Lipinski definition) is 6. The van der Waals surface area contributed by atoms with Crippen LogP contribution >= 0.6 is 46.6 Å². The van der Waals surface area contributed by atoms with Gasteiger partial charge in [-0.15, -0.1) is 0 Å². The molecule has 0 spiro atoms. The number of carbonyl (C=O) groups excluding carboxylic acids is 2. The predicted octanol–water partition coefficient (Wildman–Crippen LogP) is 7.97. The van der Waals surface area contributed by atoms with Crippen LogP contribution in [0.25, 0.3) is 0 Å². The monoisotopic (exact) mass is 673 g/mol. The highest BCUT2D eigenvalue weighted by Gasteiger charge is 2.35. The first-order chi connectivity index (χ1) is 20.4. The van der Waals surface area contributed by atoms with Crippen molar-refractivity contribution in [2.24, 2.45) is 0 Å². The summed E-state index contributed by atoms with van der Waals surface area (Å²) in [4.78, 5) is 44.5. The molecule has 3 aromatic rings. The summed E-state index contributed by atoms with van der Waals surface area (Å²) in [6.45, 7) is 6.70. The fourth-order valence-corrected chi connectivity index (χ4v) is 6.47. The number of nitrogens with zero attached hydrogens (tertiary/aromatic N) is 2. The van der Waals surface area contributed by atoms with E-state index in [-0.39, 0.29) is 33.6 Å². The predicted molar refractivity (Wildman–Crippen MR) is 163 cm³/mol. The third kappa shape index (κ3) is 6.74. The lowest BCUT2D eigenvalue weighted by atomic mass is 10.1. The number of methoxy groups -OCH3 is 1.